The van der Waals surface area contributed by atoms with E-state index < -0.39 is 70.7 Å². The van der Waals surface area contributed by atoms with Gasteiger partial charge < -0.3 is 21.3 Å². The standard InChI is InChI=1S/C22H17F3N6O3S.C14H10F3N5.C8H9NO4S.C7H5ClO4S/c1-26-35(33,34)17-6-2-4-14(10-17)21(32)29-20-8-7-16(13-28-20)31-19(22(23,24)25)11-18(30-31)15-5-3-9-27-12-15;15-14(16,17)12-6-11(9-2-1-5-19-7-9)21-22(12)10-3-4-13(18)20-8-10;1-9-14(12,13)7-4-2-3-6(5-7)8(10)11;8-13(11,12)6-3-1-2-5(4-6)7(9)10/h2-13,26H,1H3,(H,28,29,32);1-8H,(H2,18,20);2-5,9H,1H3,(H,10,11);1-4H,(H,9,10). The molecule has 84 heavy (non-hydrogen) atoms. The molecule has 0 radical (unpaired) electrons. The van der Waals surface area contributed by atoms with Crippen molar-refractivity contribution in [3.8, 4) is 33.9 Å². The normalized spacial score (nSPS) is 11.6. The summed E-state index contributed by atoms with van der Waals surface area (Å²) in [5.41, 5.74) is 4.82. The smallest absolute Gasteiger partial charge is 0.433 e. The maximum absolute atomic E-state index is 13.6. The molecule has 0 aliphatic heterocycles. The molecule has 6 aromatic heterocycles. The zero-order valence-corrected chi connectivity index (χ0v) is 46.0. The average molecular weight is 1240 g/mol. The van der Waals surface area contributed by atoms with E-state index in [0.717, 1.165) is 35.1 Å². The third kappa shape index (κ3) is 16.8. The highest BCUT2D eigenvalue weighted by atomic mass is 35.7. The van der Waals surface area contributed by atoms with Gasteiger partial charge in [-0.2, -0.15) is 36.5 Å². The molecule has 0 atom stereocenters. The van der Waals surface area contributed by atoms with E-state index in [0.29, 0.717) is 15.8 Å². The lowest BCUT2D eigenvalue weighted by Gasteiger charge is -2.11. The van der Waals surface area contributed by atoms with Crippen LogP contribution in [0.15, 0.2) is 185 Å². The monoisotopic (exact) mass is 1240 g/mol. The predicted molar refractivity (Wildman–Crippen MR) is 290 cm³/mol. The van der Waals surface area contributed by atoms with E-state index in [-0.39, 0.29) is 65.8 Å². The molecular weight excluding hydrogens is 1200 g/mol. The van der Waals surface area contributed by atoms with Gasteiger partial charge in [0.15, 0.2) is 0 Å². The van der Waals surface area contributed by atoms with E-state index in [1.165, 1.54) is 130 Å². The number of nitrogens with two attached hydrogens (primary N) is 1. The minimum atomic E-state index is -4.68. The molecule has 3 aromatic carbocycles. The van der Waals surface area contributed by atoms with Crippen LogP contribution < -0.4 is 20.5 Å². The van der Waals surface area contributed by atoms with Crippen LogP contribution in [0.25, 0.3) is 33.9 Å². The van der Waals surface area contributed by atoms with E-state index in [9.17, 15) is 66.0 Å². The minimum absolute atomic E-state index is 0.0209. The molecule has 0 aliphatic rings. The Balaban J connectivity index is 0.000000197. The van der Waals surface area contributed by atoms with E-state index in [2.05, 4.69) is 44.9 Å². The number of amides is 1. The van der Waals surface area contributed by atoms with Crippen LogP contribution in [0.3, 0.4) is 0 Å². The summed E-state index contributed by atoms with van der Waals surface area (Å²) in [6.07, 6.45) is -0.965. The van der Waals surface area contributed by atoms with Gasteiger partial charge in [0.05, 0.1) is 61.0 Å². The lowest BCUT2D eigenvalue weighted by atomic mass is 10.2. The minimum Gasteiger partial charge on any atom is -0.478 e. The number of carbonyl (C=O) groups excluding carboxylic acids is 1. The van der Waals surface area contributed by atoms with Gasteiger partial charge in [-0.3, -0.25) is 14.8 Å². The second kappa shape index (κ2) is 26.6. The molecule has 438 valence electrons. The first-order valence-electron chi connectivity index (χ1n) is 23.2. The van der Waals surface area contributed by atoms with Gasteiger partial charge in [-0.25, -0.2) is 63.6 Å². The highest BCUT2D eigenvalue weighted by Crippen LogP contribution is 2.35. The lowest BCUT2D eigenvalue weighted by molar-refractivity contribution is -0.143. The van der Waals surface area contributed by atoms with Gasteiger partial charge in [0.2, 0.25) is 20.0 Å². The Labute approximate surface area is 477 Å². The molecule has 9 aromatic rings. The second-order valence-electron chi connectivity index (χ2n) is 16.5. The molecule has 0 unspecified atom stereocenters. The van der Waals surface area contributed by atoms with Crippen molar-refractivity contribution in [3.05, 3.63) is 199 Å². The van der Waals surface area contributed by atoms with Crippen molar-refractivity contribution in [2.45, 2.75) is 27.0 Å². The third-order valence-electron chi connectivity index (χ3n) is 10.9. The van der Waals surface area contributed by atoms with Gasteiger partial charge in [0.25, 0.3) is 15.0 Å². The number of hydrogen-bond acceptors (Lipinski definition) is 16. The number of benzene rings is 3. The second-order valence-corrected chi connectivity index (χ2v) is 22.8. The van der Waals surface area contributed by atoms with Crippen LogP contribution in [0.2, 0.25) is 0 Å². The predicted octanol–water partition coefficient (Wildman–Crippen LogP) is 8.04. The molecule has 23 nitrogen and oxygen atoms in total. The molecule has 9 rings (SSSR count). The van der Waals surface area contributed by atoms with Crippen molar-refractivity contribution in [3.63, 3.8) is 0 Å². The van der Waals surface area contributed by atoms with E-state index in [1.54, 1.807) is 24.3 Å². The Kier molecular flexibility index (Phi) is 20.2. The highest BCUT2D eigenvalue weighted by Gasteiger charge is 2.38. The Morgan fingerprint density at radius 3 is 1.32 bits per heavy atom. The van der Waals surface area contributed by atoms with Crippen molar-refractivity contribution in [1.82, 2.24) is 48.9 Å². The lowest BCUT2D eigenvalue weighted by Crippen LogP contribution is -2.20. The molecular formula is C51H41ClF6N12O11S3. The number of carboxylic acids is 2. The van der Waals surface area contributed by atoms with E-state index >= 15 is 0 Å². The number of nitrogen functional groups attached to an aromatic ring is 1. The molecule has 0 aliphatic carbocycles. The first kappa shape index (κ1) is 63.7. The number of nitrogens with zero attached hydrogens (tertiary/aromatic N) is 8. The molecule has 0 saturated heterocycles. The van der Waals surface area contributed by atoms with Gasteiger partial charge in [-0.15, -0.1) is 0 Å². The summed E-state index contributed by atoms with van der Waals surface area (Å²) in [4.78, 5) is 48.8. The van der Waals surface area contributed by atoms with Gasteiger partial charge in [0.1, 0.15) is 23.0 Å². The largest absolute Gasteiger partial charge is 0.478 e. The number of aromatic carboxylic acids is 2. The number of rotatable bonds is 13. The number of halogens is 7. The van der Waals surface area contributed by atoms with E-state index in [1.807, 2.05) is 0 Å². The van der Waals surface area contributed by atoms with Gasteiger partial charge in [-0.1, -0.05) is 18.2 Å². The third-order valence-corrected chi connectivity index (χ3v) is 15.0. The van der Waals surface area contributed by atoms with Crippen molar-refractivity contribution in [2.75, 3.05) is 25.1 Å². The van der Waals surface area contributed by atoms with Crippen LogP contribution in [-0.2, 0) is 41.5 Å². The summed E-state index contributed by atoms with van der Waals surface area (Å²) in [6.45, 7) is 0. The number of carbonyl (C=O) groups is 3. The SMILES string of the molecule is CNS(=O)(=O)c1cccc(C(=O)Nc2ccc(-n3nc(-c4cccnc4)cc3C(F)(F)F)cn2)c1.CNS(=O)(=O)c1cccc(C(=O)O)c1.Nc1ccc(-n2nc(-c3cccnc3)cc2C(F)(F)F)cn1.O=C(O)c1cccc(S(=O)(=O)Cl)c1. The zero-order chi connectivity index (χ0) is 61.8. The molecule has 0 saturated carbocycles. The Morgan fingerprint density at radius 2 is 0.952 bits per heavy atom. The number of anilines is 2. The molecule has 1 amide bonds. The molecule has 6 heterocycles. The maximum atomic E-state index is 13.6. The Hall–Kier alpha value is -9.47. The maximum Gasteiger partial charge on any atom is 0.433 e. The van der Waals surface area contributed by atoms with Crippen LogP contribution in [0, 0.1) is 0 Å². The van der Waals surface area contributed by atoms with E-state index in [4.69, 9.17) is 26.6 Å². The van der Waals surface area contributed by atoms with Gasteiger partial charge in [-0.05, 0) is 129 Å². The van der Waals surface area contributed by atoms with Crippen molar-refractivity contribution in [1.29, 1.82) is 0 Å². The summed E-state index contributed by atoms with van der Waals surface area (Å²) >= 11 is 0. The van der Waals surface area contributed by atoms with Crippen LogP contribution in [0.4, 0.5) is 38.0 Å². The molecule has 0 fully saturated rings. The fourth-order valence-corrected chi connectivity index (χ4v) is 9.13. The summed E-state index contributed by atoms with van der Waals surface area (Å²) in [5, 5.41) is 27.7. The molecule has 33 heteroatoms. The Morgan fingerprint density at radius 1 is 0.536 bits per heavy atom. The Bertz CT molecular complexity index is 4170. The first-order chi connectivity index (χ1) is 39.4. The van der Waals surface area contributed by atoms with Crippen molar-refractivity contribution < 1.29 is 76.2 Å². The summed E-state index contributed by atoms with van der Waals surface area (Å²) < 4.78 is 154. The highest BCUT2D eigenvalue weighted by molar-refractivity contribution is 8.13. The van der Waals surface area contributed by atoms with Crippen LogP contribution in [0.5, 0.6) is 0 Å². The summed E-state index contributed by atoms with van der Waals surface area (Å²) in [7, 11) is -3.64. The fraction of sp³-hybridized carbons (Fsp3) is 0.0784. The van der Waals surface area contributed by atoms with Gasteiger partial charge >= 0.3 is 24.3 Å². The molecule has 0 spiro atoms. The van der Waals surface area contributed by atoms with Crippen LogP contribution in [-0.4, -0.2) is 107 Å². The number of alkyl halides is 6. The number of pyridine rings is 4. The summed E-state index contributed by atoms with van der Waals surface area (Å²) in [5.74, 6) is -2.72. The number of nitrogens with one attached hydrogen (secondary N) is 3. The summed E-state index contributed by atoms with van der Waals surface area (Å²) in [6, 6.07) is 29.2. The van der Waals surface area contributed by atoms with Crippen LogP contribution >= 0.6 is 10.7 Å². The fourth-order valence-electron chi connectivity index (χ4n) is 6.78. The zero-order valence-electron chi connectivity index (χ0n) is 42.8. The van der Waals surface area contributed by atoms with Crippen LogP contribution in [0.1, 0.15) is 42.5 Å². The molecule has 7 N–H and O–H groups in total. The number of carboxylic acid groups (broad SMARTS) is 2. The van der Waals surface area contributed by atoms with Gasteiger partial charge in [0, 0.05) is 52.2 Å². The average Bonchev–Trinajstić information content (AvgIpc) is 2.60. The molecule has 0 bridgehead atoms. The topological polar surface area (TPSA) is 343 Å². The quantitative estimate of drug-likeness (QED) is 0.0469. The van der Waals surface area contributed by atoms with Crippen molar-refractivity contribution >= 4 is 69.3 Å². The first-order valence-corrected chi connectivity index (χ1v) is 28.4. The number of sulfonamides is 2. The number of aromatic nitrogens is 8. The number of hydrogen-bond donors (Lipinski definition) is 6. The van der Waals surface area contributed by atoms with Crippen molar-refractivity contribution in [2.24, 2.45) is 0 Å².